The van der Waals surface area contributed by atoms with Crippen molar-refractivity contribution in [1.29, 1.82) is 0 Å². The van der Waals surface area contributed by atoms with Crippen LogP contribution < -0.4 is 10.2 Å². The summed E-state index contributed by atoms with van der Waals surface area (Å²) < 4.78 is 5.98. The summed E-state index contributed by atoms with van der Waals surface area (Å²) in [6, 6.07) is 2.96. The van der Waals surface area contributed by atoms with Gasteiger partial charge in [-0.25, -0.2) is 0 Å². The fourth-order valence-corrected chi connectivity index (χ4v) is 1.84. The molecule has 1 rings (SSSR count). The number of carbonyl (C=O) groups is 1. The van der Waals surface area contributed by atoms with E-state index >= 15 is 0 Å². The van der Waals surface area contributed by atoms with E-state index in [1.807, 2.05) is 13.8 Å². The standard InChI is InChI=1S/C10H12BBrO4/c1-6(2)16-10-8(11(14)15)3-7(5-13)4-9(10)12/h3-6,14-15H,1-2H3. The van der Waals surface area contributed by atoms with E-state index in [-0.39, 0.29) is 11.6 Å². The number of rotatable bonds is 4. The van der Waals surface area contributed by atoms with Gasteiger partial charge in [0.25, 0.3) is 0 Å². The SMILES string of the molecule is CC(C)Oc1c(Br)cc(C=O)cc1B(O)O. The summed E-state index contributed by atoms with van der Waals surface area (Å²) in [5.74, 6) is 0.343. The second-order valence-corrected chi connectivity index (χ2v) is 4.43. The summed E-state index contributed by atoms with van der Waals surface area (Å²) in [7, 11) is -1.68. The van der Waals surface area contributed by atoms with Crippen molar-refractivity contribution in [2.24, 2.45) is 0 Å². The number of halogens is 1. The molecule has 0 fully saturated rings. The molecule has 1 aromatic carbocycles. The fraction of sp³-hybridized carbons (Fsp3) is 0.300. The Kier molecular flexibility index (Phi) is 4.52. The van der Waals surface area contributed by atoms with E-state index in [9.17, 15) is 14.8 Å². The Hall–Kier alpha value is -0.845. The van der Waals surface area contributed by atoms with Gasteiger partial charge < -0.3 is 14.8 Å². The Morgan fingerprint density at radius 1 is 1.44 bits per heavy atom. The lowest BCUT2D eigenvalue weighted by molar-refractivity contribution is 0.112. The largest absolute Gasteiger partial charge is 0.492 e. The highest BCUT2D eigenvalue weighted by atomic mass is 79.9. The first kappa shape index (κ1) is 13.2. The minimum atomic E-state index is -1.68. The average Bonchev–Trinajstić information content (AvgIpc) is 2.19. The zero-order valence-corrected chi connectivity index (χ0v) is 10.6. The molecule has 0 radical (unpaired) electrons. The molecule has 0 saturated carbocycles. The van der Waals surface area contributed by atoms with Gasteiger partial charge in [-0.1, -0.05) is 0 Å². The zero-order valence-electron chi connectivity index (χ0n) is 8.98. The summed E-state index contributed by atoms with van der Waals surface area (Å²) in [5, 5.41) is 18.4. The van der Waals surface area contributed by atoms with Crippen LogP contribution in [0.2, 0.25) is 0 Å². The molecule has 16 heavy (non-hydrogen) atoms. The molecule has 0 saturated heterocycles. The molecule has 0 aromatic heterocycles. The Morgan fingerprint density at radius 3 is 2.50 bits per heavy atom. The lowest BCUT2D eigenvalue weighted by atomic mass is 9.79. The van der Waals surface area contributed by atoms with E-state index in [1.54, 1.807) is 6.07 Å². The van der Waals surface area contributed by atoms with E-state index in [0.29, 0.717) is 22.1 Å². The van der Waals surface area contributed by atoms with Gasteiger partial charge in [0.2, 0.25) is 0 Å². The molecular formula is C10H12BBrO4. The third kappa shape index (κ3) is 3.07. The van der Waals surface area contributed by atoms with Crippen LogP contribution in [0.1, 0.15) is 24.2 Å². The molecule has 0 aliphatic rings. The van der Waals surface area contributed by atoms with E-state index < -0.39 is 7.12 Å². The lowest BCUT2D eigenvalue weighted by Gasteiger charge is -2.16. The molecule has 0 aliphatic heterocycles. The molecule has 6 heteroatoms. The van der Waals surface area contributed by atoms with Gasteiger partial charge in [0, 0.05) is 11.0 Å². The van der Waals surface area contributed by atoms with Crippen LogP contribution in [0.4, 0.5) is 0 Å². The Bertz CT molecular complexity index is 393. The molecule has 0 bridgehead atoms. The summed E-state index contributed by atoms with van der Waals surface area (Å²) in [5.41, 5.74) is 0.524. The molecule has 4 nitrogen and oxygen atoms in total. The molecule has 0 unspecified atom stereocenters. The van der Waals surface area contributed by atoms with Crippen molar-refractivity contribution in [3.8, 4) is 5.75 Å². The molecule has 0 heterocycles. The molecule has 1 aromatic rings. The van der Waals surface area contributed by atoms with Crippen LogP contribution in [-0.4, -0.2) is 29.6 Å². The number of benzene rings is 1. The quantitative estimate of drug-likeness (QED) is 0.633. The van der Waals surface area contributed by atoms with Crippen LogP contribution in [-0.2, 0) is 0 Å². The summed E-state index contributed by atoms with van der Waals surface area (Å²) in [6.07, 6.45) is 0.534. The van der Waals surface area contributed by atoms with E-state index in [2.05, 4.69) is 15.9 Å². The molecule has 0 spiro atoms. The highest BCUT2D eigenvalue weighted by Crippen LogP contribution is 2.25. The number of ether oxygens (including phenoxy) is 1. The first-order valence-corrected chi connectivity index (χ1v) is 5.56. The van der Waals surface area contributed by atoms with Crippen LogP contribution in [0, 0.1) is 0 Å². The summed E-state index contributed by atoms with van der Waals surface area (Å²) >= 11 is 3.23. The topological polar surface area (TPSA) is 66.8 Å². The Morgan fingerprint density at radius 2 is 2.06 bits per heavy atom. The van der Waals surface area contributed by atoms with Crippen molar-refractivity contribution in [2.75, 3.05) is 0 Å². The molecular weight excluding hydrogens is 275 g/mol. The molecule has 0 aliphatic carbocycles. The lowest BCUT2D eigenvalue weighted by Crippen LogP contribution is -2.33. The van der Waals surface area contributed by atoms with Crippen molar-refractivity contribution in [3.63, 3.8) is 0 Å². The summed E-state index contributed by atoms with van der Waals surface area (Å²) in [6.45, 7) is 3.65. The van der Waals surface area contributed by atoms with E-state index in [1.165, 1.54) is 6.07 Å². The van der Waals surface area contributed by atoms with Gasteiger partial charge in [0.15, 0.2) is 0 Å². The van der Waals surface area contributed by atoms with Crippen molar-refractivity contribution in [1.82, 2.24) is 0 Å². The Balaban J connectivity index is 3.27. The highest BCUT2D eigenvalue weighted by molar-refractivity contribution is 9.10. The van der Waals surface area contributed by atoms with Gasteiger partial charge in [-0.3, -0.25) is 4.79 Å². The highest BCUT2D eigenvalue weighted by Gasteiger charge is 2.21. The van der Waals surface area contributed by atoms with Gasteiger partial charge >= 0.3 is 7.12 Å². The minimum Gasteiger partial charge on any atom is -0.490 e. The second-order valence-electron chi connectivity index (χ2n) is 3.58. The molecule has 0 amide bonds. The number of aldehydes is 1. The number of hydrogen-bond donors (Lipinski definition) is 2. The zero-order chi connectivity index (χ0) is 12.3. The monoisotopic (exact) mass is 286 g/mol. The predicted molar refractivity (Wildman–Crippen MR) is 65.1 cm³/mol. The van der Waals surface area contributed by atoms with Crippen LogP contribution in [0.5, 0.6) is 5.75 Å². The van der Waals surface area contributed by atoms with Crippen molar-refractivity contribution in [2.45, 2.75) is 20.0 Å². The van der Waals surface area contributed by atoms with Gasteiger partial charge in [0.1, 0.15) is 12.0 Å². The second kappa shape index (κ2) is 5.47. The predicted octanol–water partition coefficient (Wildman–Crippen LogP) is 0.729. The fourth-order valence-electron chi connectivity index (χ4n) is 1.26. The van der Waals surface area contributed by atoms with E-state index in [0.717, 1.165) is 0 Å². The third-order valence-corrected chi connectivity index (χ3v) is 2.45. The van der Waals surface area contributed by atoms with Crippen molar-refractivity contribution < 1.29 is 19.6 Å². The summed E-state index contributed by atoms with van der Waals surface area (Å²) in [4.78, 5) is 10.6. The Labute approximate surface area is 103 Å². The van der Waals surface area contributed by atoms with Gasteiger partial charge in [-0.05, 0) is 41.9 Å². The maximum atomic E-state index is 10.6. The van der Waals surface area contributed by atoms with Gasteiger partial charge in [-0.15, -0.1) is 0 Å². The first-order valence-electron chi connectivity index (χ1n) is 4.77. The van der Waals surface area contributed by atoms with Crippen LogP contribution in [0.25, 0.3) is 0 Å². The smallest absolute Gasteiger partial charge is 0.490 e. The maximum Gasteiger partial charge on any atom is 0.492 e. The maximum absolute atomic E-state index is 10.6. The van der Waals surface area contributed by atoms with Gasteiger partial charge in [0.05, 0.1) is 10.6 Å². The minimum absolute atomic E-state index is 0.101. The van der Waals surface area contributed by atoms with Crippen molar-refractivity contribution >= 4 is 34.8 Å². The first-order chi connectivity index (χ1) is 7.45. The number of carbonyl (C=O) groups excluding carboxylic acids is 1. The normalized spacial score (nSPS) is 10.4. The van der Waals surface area contributed by atoms with Crippen LogP contribution >= 0.6 is 15.9 Å². The molecule has 2 N–H and O–H groups in total. The van der Waals surface area contributed by atoms with Gasteiger partial charge in [-0.2, -0.15) is 0 Å². The third-order valence-electron chi connectivity index (χ3n) is 1.86. The number of hydrogen-bond acceptors (Lipinski definition) is 4. The van der Waals surface area contributed by atoms with Crippen LogP contribution in [0.15, 0.2) is 16.6 Å². The van der Waals surface area contributed by atoms with Crippen LogP contribution in [0.3, 0.4) is 0 Å². The molecule has 86 valence electrons. The van der Waals surface area contributed by atoms with E-state index in [4.69, 9.17) is 4.74 Å². The van der Waals surface area contributed by atoms with Crippen molar-refractivity contribution in [3.05, 3.63) is 22.2 Å². The average molecular weight is 287 g/mol. The molecule has 0 atom stereocenters.